The molecular weight excluding hydrogens is 532 g/mol. The Bertz CT molecular complexity index is 1520. The molecular formula is C30H24N2O5S2. The average molecular weight is 557 g/mol. The number of anilines is 1. The lowest BCUT2D eigenvalue weighted by atomic mass is 10.0. The van der Waals surface area contributed by atoms with Gasteiger partial charge in [0.1, 0.15) is 28.6 Å². The van der Waals surface area contributed by atoms with Crippen LogP contribution in [-0.4, -0.2) is 24.0 Å². The Morgan fingerprint density at radius 1 is 0.949 bits per heavy atom. The lowest BCUT2D eigenvalue weighted by Gasteiger charge is -2.29. The van der Waals surface area contributed by atoms with Crippen molar-refractivity contribution in [2.24, 2.45) is 0 Å². The van der Waals surface area contributed by atoms with E-state index in [9.17, 15) is 9.59 Å². The number of nitrogens with one attached hydrogen (secondary N) is 1. The highest BCUT2D eigenvalue weighted by molar-refractivity contribution is 7.97. The first-order valence-electron chi connectivity index (χ1n) is 12.0. The number of carbonyl (C=O) groups is 2. The van der Waals surface area contributed by atoms with E-state index < -0.39 is 11.8 Å². The molecule has 196 valence electrons. The van der Waals surface area contributed by atoms with Gasteiger partial charge in [0.2, 0.25) is 0 Å². The van der Waals surface area contributed by atoms with Gasteiger partial charge in [0.15, 0.2) is 5.11 Å². The summed E-state index contributed by atoms with van der Waals surface area (Å²) in [6.07, 6.45) is 3.22. The van der Waals surface area contributed by atoms with Gasteiger partial charge in [-0.25, -0.2) is 0 Å². The number of benzene rings is 3. The van der Waals surface area contributed by atoms with Crippen molar-refractivity contribution in [1.82, 2.24) is 5.32 Å². The molecule has 5 rings (SSSR count). The molecule has 1 aliphatic rings. The fourth-order valence-corrected chi connectivity index (χ4v) is 5.20. The monoisotopic (exact) mass is 556 g/mol. The van der Waals surface area contributed by atoms with Crippen molar-refractivity contribution in [3.63, 3.8) is 0 Å². The van der Waals surface area contributed by atoms with Crippen molar-refractivity contribution < 1.29 is 23.5 Å². The zero-order valence-corrected chi connectivity index (χ0v) is 22.6. The van der Waals surface area contributed by atoms with Gasteiger partial charge in [-0.2, -0.15) is 0 Å². The Morgan fingerprint density at radius 3 is 2.44 bits per heavy atom. The Hall–Kier alpha value is -4.34. The number of amides is 2. The summed E-state index contributed by atoms with van der Waals surface area (Å²) >= 11 is 7.01. The number of thioether (sulfide) groups is 1. The molecule has 1 fully saturated rings. The van der Waals surface area contributed by atoms with E-state index in [1.54, 1.807) is 61.5 Å². The van der Waals surface area contributed by atoms with Crippen LogP contribution in [-0.2, 0) is 21.1 Å². The molecule has 1 aliphatic heterocycles. The van der Waals surface area contributed by atoms with Crippen LogP contribution in [0.3, 0.4) is 0 Å². The molecule has 0 radical (unpaired) electrons. The smallest absolute Gasteiger partial charge is 0.270 e. The molecule has 4 aromatic rings. The second-order valence-corrected chi connectivity index (χ2v) is 9.88. The molecule has 0 unspecified atom stereocenters. The fraction of sp³-hybridized carbons (Fsp3) is 0.100. The SMILES string of the molecule is COc1ccc(/C=C2\C(=O)NC(=S)N(c3ccc(Oc4ccccc4)cc3)C2=O)cc1CSCc1ccco1. The molecule has 1 saturated heterocycles. The number of thiocarbonyl (C=S) groups is 1. The summed E-state index contributed by atoms with van der Waals surface area (Å²) in [6.45, 7) is 0. The highest BCUT2D eigenvalue weighted by Crippen LogP contribution is 2.29. The lowest BCUT2D eigenvalue weighted by molar-refractivity contribution is -0.122. The van der Waals surface area contributed by atoms with Crippen molar-refractivity contribution in [1.29, 1.82) is 0 Å². The van der Waals surface area contributed by atoms with Crippen LogP contribution in [0.15, 0.2) is 101 Å². The van der Waals surface area contributed by atoms with Gasteiger partial charge in [0, 0.05) is 11.3 Å². The highest BCUT2D eigenvalue weighted by Gasteiger charge is 2.34. The zero-order chi connectivity index (χ0) is 27.2. The minimum atomic E-state index is -0.546. The summed E-state index contributed by atoms with van der Waals surface area (Å²) in [4.78, 5) is 27.6. The number of hydrogen-bond donors (Lipinski definition) is 1. The van der Waals surface area contributed by atoms with Gasteiger partial charge in [0.25, 0.3) is 11.8 Å². The largest absolute Gasteiger partial charge is 0.496 e. The third kappa shape index (κ3) is 6.22. The van der Waals surface area contributed by atoms with E-state index in [4.69, 9.17) is 26.1 Å². The first-order valence-corrected chi connectivity index (χ1v) is 13.6. The predicted molar refractivity (Wildman–Crippen MR) is 156 cm³/mol. The number of furan rings is 1. The highest BCUT2D eigenvalue weighted by atomic mass is 32.2. The Balaban J connectivity index is 1.35. The maximum atomic E-state index is 13.5. The summed E-state index contributed by atoms with van der Waals surface area (Å²) in [5.74, 6) is 3.24. The first kappa shape index (κ1) is 26.3. The number of rotatable bonds is 9. The van der Waals surface area contributed by atoms with Crippen LogP contribution in [0.1, 0.15) is 16.9 Å². The number of methoxy groups -OCH3 is 1. The molecule has 0 spiro atoms. The lowest BCUT2D eigenvalue weighted by Crippen LogP contribution is -2.54. The molecule has 0 bridgehead atoms. The quantitative estimate of drug-likeness (QED) is 0.146. The number of para-hydroxylation sites is 1. The summed E-state index contributed by atoms with van der Waals surface area (Å²) in [6, 6.07) is 25.7. The van der Waals surface area contributed by atoms with Gasteiger partial charge in [-0.05, 0) is 84.5 Å². The molecule has 7 nitrogen and oxygen atoms in total. The predicted octanol–water partition coefficient (Wildman–Crippen LogP) is 6.35. The van der Waals surface area contributed by atoms with Gasteiger partial charge in [-0.1, -0.05) is 24.3 Å². The number of carbonyl (C=O) groups excluding carboxylic acids is 2. The first-order chi connectivity index (χ1) is 19.0. The standard InChI is InChI=1S/C30H24N2O5S2/c1-35-27-14-9-20(16-21(27)18-39-19-25-8-5-15-36-25)17-26-28(33)31-30(38)32(29(26)34)22-10-12-24(13-11-22)37-23-6-3-2-4-7-23/h2-17H,18-19H2,1H3,(H,31,33,38)/b26-17+. The summed E-state index contributed by atoms with van der Waals surface area (Å²) < 4.78 is 16.8. The van der Waals surface area contributed by atoms with E-state index >= 15 is 0 Å². The van der Waals surface area contributed by atoms with Crippen LogP contribution in [0, 0.1) is 0 Å². The molecule has 0 saturated carbocycles. The van der Waals surface area contributed by atoms with Crippen molar-refractivity contribution in [2.45, 2.75) is 11.5 Å². The van der Waals surface area contributed by atoms with Crippen LogP contribution in [0.5, 0.6) is 17.2 Å². The minimum Gasteiger partial charge on any atom is -0.496 e. The van der Waals surface area contributed by atoms with Crippen LogP contribution >= 0.6 is 24.0 Å². The molecule has 2 heterocycles. The van der Waals surface area contributed by atoms with Crippen LogP contribution in [0.2, 0.25) is 0 Å². The topological polar surface area (TPSA) is 81.0 Å². The Morgan fingerprint density at radius 2 is 1.72 bits per heavy atom. The van der Waals surface area contributed by atoms with E-state index in [2.05, 4.69) is 5.32 Å². The number of hydrogen-bond acceptors (Lipinski definition) is 7. The zero-order valence-electron chi connectivity index (χ0n) is 21.0. The summed E-state index contributed by atoms with van der Waals surface area (Å²) in [5, 5.41) is 2.65. The molecule has 0 aliphatic carbocycles. The fourth-order valence-electron chi connectivity index (χ4n) is 4.00. The van der Waals surface area contributed by atoms with Crippen LogP contribution in [0.25, 0.3) is 6.08 Å². The third-order valence-corrected chi connectivity index (χ3v) is 7.16. The number of ether oxygens (including phenoxy) is 2. The van der Waals surface area contributed by atoms with Crippen LogP contribution in [0.4, 0.5) is 5.69 Å². The Labute approximate surface area is 235 Å². The Kier molecular flexibility index (Phi) is 8.10. The second kappa shape index (κ2) is 12.0. The van der Waals surface area contributed by atoms with Crippen molar-refractivity contribution in [3.8, 4) is 17.2 Å². The van der Waals surface area contributed by atoms with Crippen molar-refractivity contribution in [3.05, 3.63) is 114 Å². The maximum absolute atomic E-state index is 13.5. The maximum Gasteiger partial charge on any atom is 0.270 e. The van der Waals surface area contributed by atoms with E-state index in [1.807, 2.05) is 54.6 Å². The van der Waals surface area contributed by atoms with Gasteiger partial charge < -0.3 is 13.9 Å². The summed E-state index contributed by atoms with van der Waals surface area (Å²) in [5.41, 5.74) is 2.13. The van der Waals surface area contributed by atoms with Gasteiger partial charge >= 0.3 is 0 Å². The van der Waals surface area contributed by atoms with E-state index in [0.29, 0.717) is 34.3 Å². The van der Waals surface area contributed by atoms with Gasteiger partial charge in [-0.3, -0.25) is 19.8 Å². The minimum absolute atomic E-state index is 0.0172. The van der Waals surface area contributed by atoms with E-state index in [1.165, 1.54) is 4.90 Å². The van der Waals surface area contributed by atoms with E-state index in [-0.39, 0.29) is 10.7 Å². The third-order valence-electron chi connectivity index (χ3n) is 5.87. The summed E-state index contributed by atoms with van der Waals surface area (Å²) in [7, 11) is 1.61. The molecule has 1 aromatic heterocycles. The number of nitrogens with zero attached hydrogens (tertiary/aromatic N) is 1. The molecule has 2 amide bonds. The van der Waals surface area contributed by atoms with Crippen molar-refractivity contribution in [2.75, 3.05) is 12.0 Å². The normalized spacial score (nSPS) is 14.4. The molecule has 9 heteroatoms. The van der Waals surface area contributed by atoms with Crippen LogP contribution < -0.4 is 19.7 Å². The molecule has 39 heavy (non-hydrogen) atoms. The van der Waals surface area contributed by atoms with Gasteiger partial charge in [0.05, 0.1) is 24.8 Å². The van der Waals surface area contributed by atoms with Crippen molar-refractivity contribution >= 4 is 52.7 Å². The molecule has 0 atom stereocenters. The van der Waals surface area contributed by atoms with E-state index in [0.717, 1.165) is 17.1 Å². The second-order valence-electron chi connectivity index (χ2n) is 8.51. The average Bonchev–Trinajstić information content (AvgIpc) is 3.46. The van der Waals surface area contributed by atoms with Gasteiger partial charge in [-0.15, -0.1) is 11.8 Å². The molecule has 1 N–H and O–H groups in total. The molecule has 3 aromatic carbocycles.